The number of methoxy groups -OCH3 is 1. The first kappa shape index (κ1) is 16.3. The normalized spacial score (nSPS) is 21.9. The fourth-order valence-electron chi connectivity index (χ4n) is 2.57. The Hall–Kier alpha value is -1.11. The predicted molar refractivity (Wildman–Crippen MR) is 81.2 cm³/mol. The Morgan fingerprint density at radius 3 is 2.86 bits per heavy atom. The highest BCUT2D eigenvalue weighted by Gasteiger charge is 2.44. The molecule has 1 heterocycles. The van der Waals surface area contributed by atoms with Crippen molar-refractivity contribution in [1.82, 2.24) is 4.90 Å². The van der Waals surface area contributed by atoms with Crippen LogP contribution in [0.1, 0.15) is 18.0 Å². The predicted octanol–water partition coefficient (Wildman–Crippen LogP) is 2.72. The molecule has 7 heteroatoms. The number of carboxylic acids is 1. The molecule has 21 heavy (non-hydrogen) atoms. The van der Waals surface area contributed by atoms with Gasteiger partial charge in [0.1, 0.15) is 0 Å². The maximum Gasteiger partial charge on any atom is 0.309 e. The van der Waals surface area contributed by atoms with E-state index in [4.69, 9.17) is 16.3 Å². The van der Waals surface area contributed by atoms with Crippen LogP contribution >= 0.6 is 27.5 Å². The van der Waals surface area contributed by atoms with Gasteiger partial charge in [-0.15, -0.1) is 0 Å². The highest BCUT2D eigenvalue weighted by Crippen LogP contribution is 2.39. The molecule has 2 rings (SSSR count). The number of likely N-dealkylation sites (tertiary alicyclic amines) is 1. The van der Waals surface area contributed by atoms with Crippen LogP contribution in [0.25, 0.3) is 0 Å². The van der Waals surface area contributed by atoms with Crippen molar-refractivity contribution in [3.63, 3.8) is 0 Å². The summed E-state index contributed by atoms with van der Waals surface area (Å²) in [5, 5.41) is 9.92. The van der Waals surface area contributed by atoms with E-state index in [-0.39, 0.29) is 12.3 Å². The third-order valence-electron chi connectivity index (χ3n) is 3.57. The van der Waals surface area contributed by atoms with Crippen molar-refractivity contribution < 1.29 is 19.4 Å². The lowest BCUT2D eigenvalue weighted by molar-refractivity contribution is -0.142. The number of carbonyl (C=O) groups is 2. The van der Waals surface area contributed by atoms with Gasteiger partial charge in [-0.05, 0) is 33.6 Å². The van der Waals surface area contributed by atoms with E-state index >= 15 is 0 Å². The van der Waals surface area contributed by atoms with E-state index in [1.807, 2.05) is 0 Å². The molecule has 1 amide bonds. The smallest absolute Gasteiger partial charge is 0.309 e. The van der Waals surface area contributed by atoms with Gasteiger partial charge in [0.25, 0.3) is 0 Å². The average Bonchev–Trinajstić information content (AvgIpc) is 2.77. The third-order valence-corrected chi connectivity index (χ3v) is 4.78. The summed E-state index contributed by atoms with van der Waals surface area (Å²) in [4.78, 5) is 25.1. The number of ether oxygens (including phenoxy) is 1. The molecule has 1 N–H and O–H groups in total. The van der Waals surface area contributed by atoms with Gasteiger partial charge in [0.15, 0.2) is 0 Å². The highest BCUT2D eigenvalue weighted by atomic mass is 79.9. The lowest BCUT2D eigenvalue weighted by Gasteiger charge is -2.27. The molecule has 0 saturated carbocycles. The Balaban J connectivity index is 2.38. The van der Waals surface area contributed by atoms with Crippen molar-refractivity contribution in [3.05, 3.63) is 33.3 Å². The molecule has 1 aromatic carbocycles. The Labute approximate surface area is 136 Å². The SMILES string of the molecule is COCCN1C(=O)CC(C(=O)O)C1c1ccc(Cl)c(Br)c1. The number of benzene rings is 1. The maximum atomic E-state index is 12.1. The van der Waals surface area contributed by atoms with Gasteiger partial charge in [0.05, 0.1) is 23.6 Å². The van der Waals surface area contributed by atoms with Gasteiger partial charge >= 0.3 is 5.97 Å². The average molecular weight is 377 g/mol. The lowest BCUT2D eigenvalue weighted by Crippen LogP contribution is -2.33. The number of aliphatic carboxylic acids is 1. The van der Waals surface area contributed by atoms with Crippen LogP contribution in [0.15, 0.2) is 22.7 Å². The van der Waals surface area contributed by atoms with Crippen LogP contribution in [0.2, 0.25) is 5.02 Å². The summed E-state index contributed by atoms with van der Waals surface area (Å²) in [5.74, 6) is -1.91. The van der Waals surface area contributed by atoms with E-state index in [0.29, 0.717) is 22.6 Å². The molecule has 5 nitrogen and oxygen atoms in total. The van der Waals surface area contributed by atoms with E-state index in [0.717, 1.165) is 5.56 Å². The van der Waals surface area contributed by atoms with E-state index in [1.165, 1.54) is 0 Å². The largest absolute Gasteiger partial charge is 0.481 e. The van der Waals surface area contributed by atoms with Crippen molar-refractivity contribution in [1.29, 1.82) is 0 Å². The molecule has 2 unspecified atom stereocenters. The second kappa shape index (κ2) is 6.77. The lowest BCUT2D eigenvalue weighted by atomic mass is 9.94. The summed E-state index contributed by atoms with van der Waals surface area (Å²) < 4.78 is 5.68. The van der Waals surface area contributed by atoms with E-state index < -0.39 is 17.9 Å². The molecule has 0 aliphatic carbocycles. The molecule has 1 aliphatic heterocycles. The fourth-order valence-corrected chi connectivity index (χ4v) is 3.09. The second-order valence-electron chi connectivity index (χ2n) is 4.85. The topological polar surface area (TPSA) is 66.8 Å². The minimum atomic E-state index is -0.973. The van der Waals surface area contributed by atoms with Crippen molar-refractivity contribution in [2.45, 2.75) is 12.5 Å². The van der Waals surface area contributed by atoms with Crippen LogP contribution in [-0.2, 0) is 14.3 Å². The zero-order chi connectivity index (χ0) is 15.6. The quantitative estimate of drug-likeness (QED) is 0.858. The molecule has 0 spiro atoms. The van der Waals surface area contributed by atoms with Crippen molar-refractivity contribution in [3.8, 4) is 0 Å². The summed E-state index contributed by atoms with van der Waals surface area (Å²) in [5.41, 5.74) is 0.751. The van der Waals surface area contributed by atoms with Crippen LogP contribution in [-0.4, -0.2) is 42.1 Å². The summed E-state index contributed by atoms with van der Waals surface area (Å²) >= 11 is 9.30. The first-order chi connectivity index (χ1) is 9.95. The van der Waals surface area contributed by atoms with Gasteiger partial charge in [-0.1, -0.05) is 17.7 Å². The van der Waals surface area contributed by atoms with Gasteiger partial charge in [-0.2, -0.15) is 0 Å². The molecule has 2 atom stereocenters. The van der Waals surface area contributed by atoms with Gasteiger partial charge < -0.3 is 14.7 Å². The van der Waals surface area contributed by atoms with Crippen LogP contribution in [0.5, 0.6) is 0 Å². The number of nitrogens with zero attached hydrogens (tertiary/aromatic N) is 1. The second-order valence-corrected chi connectivity index (χ2v) is 6.11. The van der Waals surface area contributed by atoms with E-state index in [1.54, 1.807) is 30.2 Å². The van der Waals surface area contributed by atoms with Crippen molar-refractivity contribution >= 4 is 39.4 Å². The summed E-state index contributed by atoms with van der Waals surface area (Å²) in [6.07, 6.45) is 0.00393. The zero-order valence-corrected chi connectivity index (χ0v) is 13.7. The number of carbonyl (C=O) groups excluding carboxylic acids is 1. The molecule has 0 aromatic heterocycles. The van der Waals surface area contributed by atoms with Crippen LogP contribution < -0.4 is 0 Å². The van der Waals surface area contributed by atoms with Gasteiger partial charge in [0.2, 0.25) is 5.91 Å². The molecule has 0 radical (unpaired) electrons. The van der Waals surface area contributed by atoms with Crippen LogP contribution in [0, 0.1) is 5.92 Å². The molecular weight excluding hydrogens is 362 g/mol. The molecule has 1 aliphatic rings. The van der Waals surface area contributed by atoms with Gasteiger partial charge in [-0.25, -0.2) is 0 Å². The Morgan fingerprint density at radius 2 is 2.29 bits per heavy atom. The van der Waals surface area contributed by atoms with Gasteiger partial charge in [-0.3, -0.25) is 9.59 Å². The molecule has 1 aromatic rings. The standard InChI is InChI=1S/C14H15BrClNO4/c1-21-5-4-17-12(18)7-9(14(19)20)13(17)8-2-3-11(16)10(15)6-8/h2-3,6,9,13H,4-5,7H2,1H3,(H,19,20). The number of carboxylic acid groups (broad SMARTS) is 1. The van der Waals surface area contributed by atoms with Crippen molar-refractivity contribution in [2.75, 3.05) is 20.3 Å². The summed E-state index contributed by atoms with van der Waals surface area (Å²) in [7, 11) is 1.54. The third kappa shape index (κ3) is 3.39. The number of hydrogen-bond acceptors (Lipinski definition) is 3. The summed E-state index contributed by atoms with van der Waals surface area (Å²) in [6, 6.07) is 4.71. The molecule has 114 valence electrons. The molecule has 1 saturated heterocycles. The number of amides is 1. The van der Waals surface area contributed by atoms with E-state index in [9.17, 15) is 14.7 Å². The minimum absolute atomic E-state index is 0.00393. The Morgan fingerprint density at radius 1 is 1.57 bits per heavy atom. The number of halogens is 2. The Bertz CT molecular complexity index is 566. The number of rotatable bonds is 5. The minimum Gasteiger partial charge on any atom is -0.481 e. The zero-order valence-electron chi connectivity index (χ0n) is 11.4. The number of hydrogen-bond donors (Lipinski definition) is 1. The Kier molecular flexibility index (Phi) is 5.24. The molecule has 0 bridgehead atoms. The summed E-state index contributed by atoms with van der Waals surface area (Å²) in [6.45, 7) is 0.730. The molecular formula is C14H15BrClNO4. The first-order valence-electron chi connectivity index (χ1n) is 6.42. The maximum absolute atomic E-state index is 12.1. The highest BCUT2D eigenvalue weighted by molar-refractivity contribution is 9.10. The monoisotopic (exact) mass is 375 g/mol. The molecule has 1 fully saturated rings. The fraction of sp³-hybridized carbons (Fsp3) is 0.429. The van der Waals surface area contributed by atoms with E-state index in [2.05, 4.69) is 15.9 Å². The van der Waals surface area contributed by atoms with Crippen LogP contribution in [0.3, 0.4) is 0 Å². The van der Waals surface area contributed by atoms with Crippen LogP contribution in [0.4, 0.5) is 0 Å². The first-order valence-corrected chi connectivity index (χ1v) is 7.59. The van der Waals surface area contributed by atoms with Gasteiger partial charge in [0, 0.05) is 24.5 Å². The van der Waals surface area contributed by atoms with Crippen molar-refractivity contribution in [2.24, 2.45) is 5.92 Å².